The van der Waals surface area contributed by atoms with Gasteiger partial charge in [-0.1, -0.05) is 18.2 Å². The number of carbonyl (C=O) groups excluding carboxylic acids is 2. The lowest BCUT2D eigenvalue weighted by Gasteiger charge is -2.12. The zero-order valence-electron chi connectivity index (χ0n) is 17.2. The molecule has 3 rings (SSSR count). The van der Waals surface area contributed by atoms with Gasteiger partial charge >= 0.3 is 0 Å². The Morgan fingerprint density at radius 1 is 0.800 bits per heavy atom. The van der Waals surface area contributed by atoms with Crippen molar-refractivity contribution in [2.45, 2.75) is 13.8 Å². The normalized spacial score (nSPS) is 10.2. The minimum absolute atomic E-state index is 0.0919. The van der Waals surface area contributed by atoms with E-state index in [0.717, 1.165) is 22.6 Å². The SMILES string of the molecule is COc1ccc(NC(=O)c2ccc(NC(=O)COc3c(C)cccc3C)cc2)cc1. The van der Waals surface area contributed by atoms with E-state index in [2.05, 4.69) is 10.6 Å². The monoisotopic (exact) mass is 404 g/mol. The Bertz CT molecular complexity index is 1010. The van der Waals surface area contributed by atoms with E-state index in [1.807, 2.05) is 32.0 Å². The first-order chi connectivity index (χ1) is 14.5. The molecule has 0 atom stereocenters. The maximum absolute atomic E-state index is 12.4. The van der Waals surface area contributed by atoms with Crippen LogP contribution in [0.15, 0.2) is 66.7 Å². The molecule has 6 nitrogen and oxygen atoms in total. The molecule has 0 fully saturated rings. The average Bonchev–Trinajstić information content (AvgIpc) is 2.74. The first-order valence-corrected chi connectivity index (χ1v) is 9.50. The first-order valence-electron chi connectivity index (χ1n) is 9.50. The number of anilines is 2. The van der Waals surface area contributed by atoms with Crippen LogP contribution in [0.3, 0.4) is 0 Å². The van der Waals surface area contributed by atoms with E-state index < -0.39 is 0 Å². The van der Waals surface area contributed by atoms with E-state index in [1.54, 1.807) is 55.6 Å². The lowest BCUT2D eigenvalue weighted by atomic mass is 10.1. The minimum Gasteiger partial charge on any atom is -0.497 e. The third-order valence-electron chi connectivity index (χ3n) is 4.54. The highest BCUT2D eigenvalue weighted by Gasteiger charge is 2.09. The Balaban J connectivity index is 1.54. The smallest absolute Gasteiger partial charge is 0.262 e. The van der Waals surface area contributed by atoms with Gasteiger partial charge in [-0.3, -0.25) is 9.59 Å². The minimum atomic E-state index is -0.270. The van der Waals surface area contributed by atoms with Crippen LogP contribution in [-0.2, 0) is 4.79 Å². The van der Waals surface area contributed by atoms with Crippen LogP contribution in [-0.4, -0.2) is 25.5 Å². The summed E-state index contributed by atoms with van der Waals surface area (Å²) >= 11 is 0. The van der Waals surface area contributed by atoms with Gasteiger partial charge in [0.1, 0.15) is 11.5 Å². The molecule has 0 spiro atoms. The van der Waals surface area contributed by atoms with Gasteiger partial charge in [-0.05, 0) is 73.5 Å². The van der Waals surface area contributed by atoms with Gasteiger partial charge in [0.25, 0.3) is 11.8 Å². The highest BCUT2D eigenvalue weighted by atomic mass is 16.5. The van der Waals surface area contributed by atoms with Crippen molar-refractivity contribution >= 4 is 23.2 Å². The Hall–Kier alpha value is -3.80. The summed E-state index contributed by atoms with van der Waals surface area (Å²) < 4.78 is 10.8. The molecule has 2 N–H and O–H groups in total. The van der Waals surface area contributed by atoms with E-state index in [4.69, 9.17) is 9.47 Å². The fourth-order valence-corrected chi connectivity index (χ4v) is 2.94. The third-order valence-corrected chi connectivity index (χ3v) is 4.54. The number of hydrogen-bond acceptors (Lipinski definition) is 4. The van der Waals surface area contributed by atoms with E-state index in [-0.39, 0.29) is 18.4 Å². The third kappa shape index (κ3) is 5.38. The van der Waals surface area contributed by atoms with Crippen molar-refractivity contribution in [3.63, 3.8) is 0 Å². The molecule has 30 heavy (non-hydrogen) atoms. The lowest BCUT2D eigenvalue weighted by molar-refractivity contribution is -0.118. The molecule has 0 heterocycles. The molecule has 0 aliphatic carbocycles. The highest BCUT2D eigenvalue weighted by Crippen LogP contribution is 2.22. The largest absolute Gasteiger partial charge is 0.497 e. The Labute approximate surface area is 175 Å². The zero-order chi connectivity index (χ0) is 21.5. The molecule has 0 aliphatic heterocycles. The van der Waals surface area contributed by atoms with Crippen molar-refractivity contribution in [2.24, 2.45) is 0 Å². The first kappa shape index (κ1) is 20.9. The van der Waals surface area contributed by atoms with Crippen LogP contribution in [0.4, 0.5) is 11.4 Å². The molecule has 0 saturated carbocycles. The molecule has 0 bridgehead atoms. The maximum atomic E-state index is 12.4. The molecule has 154 valence electrons. The summed E-state index contributed by atoms with van der Waals surface area (Å²) in [4.78, 5) is 24.6. The van der Waals surface area contributed by atoms with Gasteiger partial charge < -0.3 is 20.1 Å². The van der Waals surface area contributed by atoms with Gasteiger partial charge in [-0.15, -0.1) is 0 Å². The Morgan fingerprint density at radius 3 is 1.97 bits per heavy atom. The van der Waals surface area contributed by atoms with Crippen molar-refractivity contribution in [2.75, 3.05) is 24.4 Å². The van der Waals surface area contributed by atoms with Crippen LogP contribution in [0, 0.1) is 13.8 Å². The van der Waals surface area contributed by atoms with Crippen LogP contribution in [0.25, 0.3) is 0 Å². The summed E-state index contributed by atoms with van der Waals surface area (Å²) in [6.45, 7) is 3.79. The number of ether oxygens (including phenoxy) is 2. The number of rotatable bonds is 7. The number of benzene rings is 3. The van der Waals surface area contributed by atoms with Crippen molar-refractivity contribution in [3.05, 3.63) is 83.4 Å². The predicted molar refractivity (Wildman–Crippen MR) is 117 cm³/mol. The van der Waals surface area contributed by atoms with Gasteiger partial charge in [0.2, 0.25) is 0 Å². The molecule has 0 radical (unpaired) electrons. The number of nitrogens with one attached hydrogen (secondary N) is 2. The molecule has 3 aromatic rings. The number of carbonyl (C=O) groups is 2. The van der Waals surface area contributed by atoms with E-state index in [9.17, 15) is 9.59 Å². The molecule has 2 amide bonds. The second-order valence-corrected chi connectivity index (χ2v) is 6.82. The number of amides is 2. The molecular weight excluding hydrogens is 380 g/mol. The van der Waals surface area contributed by atoms with E-state index in [0.29, 0.717) is 16.9 Å². The standard InChI is InChI=1S/C24H24N2O4/c1-16-5-4-6-17(2)23(16)30-15-22(27)25-19-9-7-18(8-10-19)24(28)26-20-11-13-21(29-3)14-12-20/h4-14H,15H2,1-3H3,(H,25,27)(H,26,28). The molecule has 0 aromatic heterocycles. The van der Waals surface area contributed by atoms with Crippen LogP contribution >= 0.6 is 0 Å². The summed E-state index contributed by atoms with van der Waals surface area (Å²) in [6.07, 6.45) is 0. The molecular formula is C24H24N2O4. The van der Waals surface area contributed by atoms with Crippen molar-refractivity contribution in [3.8, 4) is 11.5 Å². The Kier molecular flexibility index (Phi) is 6.70. The van der Waals surface area contributed by atoms with Gasteiger partial charge in [-0.2, -0.15) is 0 Å². The summed E-state index contributed by atoms with van der Waals surface area (Å²) in [5.74, 6) is 0.928. The number of hydrogen-bond donors (Lipinski definition) is 2. The summed E-state index contributed by atoms with van der Waals surface area (Å²) in [5, 5.41) is 5.59. The average molecular weight is 404 g/mol. The second-order valence-electron chi connectivity index (χ2n) is 6.82. The fourth-order valence-electron chi connectivity index (χ4n) is 2.94. The van der Waals surface area contributed by atoms with E-state index in [1.165, 1.54) is 0 Å². The maximum Gasteiger partial charge on any atom is 0.262 e. The highest BCUT2D eigenvalue weighted by molar-refractivity contribution is 6.04. The fraction of sp³-hybridized carbons (Fsp3) is 0.167. The topological polar surface area (TPSA) is 76.7 Å². The van der Waals surface area contributed by atoms with Crippen molar-refractivity contribution < 1.29 is 19.1 Å². The van der Waals surface area contributed by atoms with Crippen molar-refractivity contribution in [1.29, 1.82) is 0 Å². The van der Waals surface area contributed by atoms with Crippen LogP contribution < -0.4 is 20.1 Å². The van der Waals surface area contributed by atoms with E-state index >= 15 is 0 Å². The van der Waals surface area contributed by atoms with Crippen LogP contribution in [0.2, 0.25) is 0 Å². The molecule has 0 aliphatic rings. The van der Waals surface area contributed by atoms with Gasteiger partial charge in [0, 0.05) is 16.9 Å². The van der Waals surface area contributed by atoms with Gasteiger partial charge in [0.15, 0.2) is 6.61 Å². The molecule has 0 saturated heterocycles. The molecule has 3 aromatic carbocycles. The number of para-hydroxylation sites is 1. The van der Waals surface area contributed by atoms with Gasteiger partial charge in [0.05, 0.1) is 7.11 Å². The van der Waals surface area contributed by atoms with Crippen LogP contribution in [0.5, 0.6) is 11.5 Å². The van der Waals surface area contributed by atoms with Crippen LogP contribution in [0.1, 0.15) is 21.5 Å². The van der Waals surface area contributed by atoms with Crippen molar-refractivity contribution in [1.82, 2.24) is 0 Å². The Morgan fingerprint density at radius 2 is 1.37 bits per heavy atom. The van der Waals surface area contributed by atoms with Gasteiger partial charge in [-0.25, -0.2) is 0 Å². The summed E-state index contributed by atoms with van der Waals surface area (Å²) in [7, 11) is 1.59. The predicted octanol–water partition coefficient (Wildman–Crippen LogP) is 4.58. The zero-order valence-corrected chi connectivity index (χ0v) is 17.2. The molecule has 0 unspecified atom stereocenters. The number of aryl methyl sites for hydroxylation is 2. The lowest BCUT2D eigenvalue weighted by Crippen LogP contribution is -2.20. The summed E-state index contributed by atoms with van der Waals surface area (Å²) in [5.41, 5.74) is 3.70. The quantitative estimate of drug-likeness (QED) is 0.604. The summed E-state index contributed by atoms with van der Waals surface area (Å²) in [6, 6.07) is 19.6. The molecule has 6 heteroatoms. The second kappa shape index (κ2) is 9.60. The number of methoxy groups -OCH3 is 1.